The molecule has 0 unspecified atom stereocenters. The number of hydrogen-bond acceptors (Lipinski definition) is 4. The predicted molar refractivity (Wildman–Crippen MR) is 70.5 cm³/mol. The number of halogens is 2. The molecule has 8 heteroatoms. The summed E-state index contributed by atoms with van der Waals surface area (Å²) in [6.45, 7) is -0.862. The molecule has 1 amide bonds. The summed E-state index contributed by atoms with van der Waals surface area (Å²) in [6.07, 6.45) is 0. The standard InChI is InChI=1S/C13H14BF2NO4/c15-13(16)7-17(3-4-20-8-13)12(18)9-1-2-10-6-21-14(19)11(10)5-9/h1-2,5,19H,3-4,6-8H2. The Labute approximate surface area is 120 Å². The fourth-order valence-electron chi connectivity index (χ4n) is 2.50. The summed E-state index contributed by atoms with van der Waals surface area (Å²) < 4.78 is 36.8. The van der Waals surface area contributed by atoms with Gasteiger partial charge in [-0.05, 0) is 23.2 Å². The molecule has 0 radical (unpaired) electrons. The van der Waals surface area contributed by atoms with Gasteiger partial charge in [-0.2, -0.15) is 0 Å². The number of benzene rings is 1. The third kappa shape index (κ3) is 2.92. The number of ether oxygens (including phenoxy) is 1. The number of carbonyl (C=O) groups is 1. The molecule has 112 valence electrons. The van der Waals surface area contributed by atoms with Gasteiger partial charge in [0.05, 0.1) is 19.8 Å². The van der Waals surface area contributed by atoms with Crippen molar-refractivity contribution in [3.05, 3.63) is 29.3 Å². The molecule has 3 rings (SSSR count). The molecular formula is C13H14BF2NO4. The molecule has 1 saturated heterocycles. The van der Waals surface area contributed by atoms with Crippen LogP contribution in [0.5, 0.6) is 0 Å². The zero-order chi connectivity index (χ0) is 15.0. The van der Waals surface area contributed by atoms with Crippen LogP contribution in [0.25, 0.3) is 0 Å². The van der Waals surface area contributed by atoms with Gasteiger partial charge in [0.1, 0.15) is 6.61 Å². The van der Waals surface area contributed by atoms with Crippen LogP contribution >= 0.6 is 0 Å². The Balaban J connectivity index is 1.83. The van der Waals surface area contributed by atoms with Gasteiger partial charge in [0.25, 0.3) is 11.8 Å². The normalized spacial score (nSPS) is 21.1. The van der Waals surface area contributed by atoms with E-state index in [1.807, 2.05) is 0 Å². The number of carbonyl (C=O) groups excluding carboxylic acids is 1. The lowest BCUT2D eigenvalue weighted by atomic mass is 9.78. The average molecular weight is 297 g/mol. The lowest BCUT2D eigenvalue weighted by Gasteiger charge is -2.23. The summed E-state index contributed by atoms with van der Waals surface area (Å²) in [5.41, 5.74) is 1.57. The molecule has 0 spiro atoms. The first-order valence-electron chi connectivity index (χ1n) is 6.64. The molecule has 1 aromatic rings. The van der Waals surface area contributed by atoms with Gasteiger partial charge in [-0.1, -0.05) is 6.07 Å². The largest absolute Gasteiger partial charge is 0.491 e. The third-order valence-electron chi connectivity index (χ3n) is 3.58. The molecule has 0 saturated carbocycles. The van der Waals surface area contributed by atoms with Crippen LogP contribution in [0.15, 0.2) is 18.2 Å². The quantitative estimate of drug-likeness (QED) is 0.742. The van der Waals surface area contributed by atoms with E-state index >= 15 is 0 Å². The van der Waals surface area contributed by atoms with E-state index in [0.29, 0.717) is 5.46 Å². The van der Waals surface area contributed by atoms with E-state index in [-0.39, 0.29) is 25.3 Å². The number of hydrogen-bond donors (Lipinski definition) is 1. The summed E-state index contributed by atoms with van der Waals surface area (Å²) in [4.78, 5) is 13.4. The van der Waals surface area contributed by atoms with Crippen LogP contribution in [0.4, 0.5) is 8.78 Å². The van der Waals surface area contributed by atoms with Gasteiger partial charge in [0.15, 0.2) is 0 Å². The topological polar surface area (TPSA) is 59.0 Å². The van der Waals surface area contributed by atoms with Crippen LogP contribution in [0.1, 0.15) is 15.9 Å². The van der Waals surface area contributed by atoms with Crippen molar-refractivity contribution in [2.24, 2.45) is 0 Å². The fourth-order valence-corrected chi connectivity index (χ4v) is 2.50. The highest BCUT2D eigenvalue weighted by atomic mass is 19.3. The molecule has 0 bridgehead atoms. The number of alkyl halides is 2. The third-order valence-corrected chi connectivity index (χ3v) is 3.58. The van der Waals surface area contributed by atoms with E-state index in [9.17, 15) is 18.6 Å². The van der Waals surface area contributed by atoms with Gasteiger partial charge in [0, 0.05) is 12.1 Å². The molecule has 21 heavy (non-hydrogen) atoms. The van der Waals surface area contributed by atoms with Crippen LogP contribution in [0.2, 0.25) is 0 Å². The fraction of sp³-hybridized carbons (Fsp3) is 0.462. The Bertz CT molecular complexity index is 569. The predicted octanol–water partition coefficient (Wildman–Crippen LogP) is 0.0120. The molecule has 1 N–H and O–H groups in total. The second kappa shape index (κ2) is 5.36. The van der Waals surface area contributed by atoms with E-state index in [2.05, 4.69) is 0 Å². The second-order valence-electron chi connectivity index (χ2n) is 5.21. The van der Waals surface area contributed by atoms with Crippen LogP contribution < -0.4 is 5.46 Å². The highest BCUT2D eigenvalue weighted by Gasteiger charge is 2.37. The molecule has 0 atom stereocenters. The highest BCUT2D eigenvalue weighted by molar-refractivity contribution is 6.61. The van der Waals surface area contributed by atoms with Crippen LogP contribution in [-0.2, 0) is 16.0 Å². The Kier molecular flexibility index (Phi) is 3.68. The van der Waals surface area contributed by atoms with E-state index in [4.69, 9.17) is 9.39 Å². The molecule has 1 fully saturated rings. The maximum absolute atomic E-state index is 13.5. The number of rotatable bonds is 1. The van der Waals surface area contributed by atoms with Crippen molar-refractivity contribution >= 4 is 18.5 Å². The van der Waals surface area contributed by atoms with Gasteiger partial charge < -0.3 is 19.3 Å². The molecular weight excluding hydrogens is 283 g/mol. The van der Waals surface area contributed by atoms with Crippen molar-refractivity contribution in [3.8, 4) is 0 Å². The molecule has 2 heterocycles. The SMILES string of the molecule is O=C(c1ccc2c(c1)B(O)OC2)N1CCOCC(F)(F)C1. The van der Waals surface area contributed by atoms with Crippen molar-refractivity contribution in [1.29, 1.82) is 0 Å². The first-order chi connectivity index (χ1) is 9.96. The monoisotopic (exact) mass is 297 g/mol. The maximum Gasteiger partial charge on any atom is 0.491 e. The second-order valence-corrected chi connectivity index (χ2v) is 5.21. The number of fused-ring (bicyclic) bond motifs is 1. The van der Waals surface area contributed by atoms with Gasteiger partial charge in [-0.15, -0.1) is 0 Å². The van der Waals surface area contributed by atoms with E-state index in [0.717, 1.165) is 10.5 Å². The molecule has 1 aromatic carbocycles. The maximum atomic E-state index is 13.5. The summed E-state index contributed by atoms with van der Waals surface area (Å²) in [5.74, 6) is -3.55. The number of amides is 1. The molecule has 2 aliphatic heterocycles. The van der Waals surface area contributed by atoms with Crippen molar-refractivity contribution in [2.45, 2.75) is 12.5 Å². The Morgan fingerprint density at radius 1 is 1.43 bits per heavy atom. The van der Waals surface area contributed by atoms with E-state index in [1.54, 1.807) is 12.1 Å². The zero-order valence-electron chi connectivity index (χ0n) is 11.2. The minimum Gasteiger partial charge on any atom is -0.423 e. The average Bonchev–Trinajstić information content (AvgIpc) is 2.71. The van der Waals surface area contributed by atoms with Crippen molar-refractivity contribution in [1.82, 2.24) is 4.90 Å². The zero-order valence-corrected chi connectivity index (χ0v) is 11.2. The van der Waals surface area contributed by atoms with Crippen molar-refractivity contribution in [2.75, 3.05) is 26.3 Å². The Morgan fingerprint density at radius 2 is 2.24 bits per heavy atom. The first kappa shape index (κ1) is 14.4. The van der Waals surface area contributed by atoms with Gasteiger partial charge >= 0.3 is 7.12 Å². The molecule has 2 aliphatic rings. The van der Waals surface area contributed by atoms with Crippen LogP contribution in [0, 0.1) is 0 Å². The summed E-state index contributed by atoms with van der Waals surface area (Å²) in [6, 6.07) is 4.73. The van der Waals surface area contributed by atoms with Gasteiger partial charge in [-0.3, -0.25) is 4.79 Å². The lowest BCUT2D eigenvalue weighted by molar-refractivity contribution is -0.0660. The minimum atomic E-state index is -3.05. The summed E-state index contributed by atoms with van der Waals surface area (Å²) in [5, 5.41) is 9.64. The van der Waals surface area contributed by atoms with Crippen molar-refractivity contribution < 1.29 is 28.0 Å². The highest BCUT2D eigenvalue weighted by Crippen LogP contribution is 2.20. The van der Waals surface area contributed by atoms with E-state index < -0.39 is 32.1 Å². The van der Waals surface area contributed by atoms with Crippen molar-refractivity contribution in [3.63, 3.8) is 0 Å². The lowest BCUT2D eigenvalue weighted by Crippen LogP contribution is -2.41. The number of nitrogens with zero attached hydrogens (tertiary/aromatic N) is 1. The Morgan fingerprint density at radius 3 is 3.05 bits per heavy atom. The van der Waals surface area contributed by atoms with E-state index in [1.165, 1.54) is 6.07 Å². The smallest absolute Gasteiger partial charge is 0.423 e. The first-order valence-corrected chi connectivity index (χ1v) is 6.64. The summed E-state index contributed by atoms with van der Waals surface area (Å²) in [7, 11) is -1.07. The Hall–Kier alpha value is -1.51. The summed E-state index contributed by atoms with van der Waals surface area (Å²) >= 11 is 0. The van der Waals surface area contributed by atoms with Gasteiger partial charge in [0.2, 0.25) is 0 Å². The van der Waals surface area contributed by atoms with Crippen LogP contribution in [0.3, 0.4) is 0 Å². The minimum absolute atomic E-state index is 0.0814. The van der Waals surface area contributed by atoms with Crippen LogP contribution in [-0.4, -0.2) is 55.2 Å². The molecule has 0 aliphatic carbocycles. The molecule has 5 nitrogen and oxygen atoms in total. The van der Waals surface area contributed by atoms with Gasteiger partial charge in [-0.25, -0.2) is 8.78 Å². The molecule has 0 aromatic heterocycles.